The molecular formula is C15H12FN3O2S2. The highest BCUT2D eigenvalue weighted by Gasteiger charge is 2.15. The summed E-state index contributed by atoms with van der Waals surface area (Å²) in [7, 11) is -3.70. The van der Waals surface area contributed by atoms with E-state index in [2.05, 4.69) is 14.7 Å². The first-order valence-corrected chi connectivity index (χ1v) is 9.02. The van der Waals surface area contributed by atoms with Crippen molar-refractivity contribution in [3.63, 3.8) is 0 Å². The molecule has 1 N–H and O–H groups in total. The van der Waals surface area contributed by atoms with Crippen LogP contribution in [0.5, 0.6) is 0 Å². The summed E-state index contributed by atoms with van der Waals surface area (Å²) < 4.78 is 39.6. The Hall–Kier alpha value is -2.16. The van der Waals surface area contributed by atoms with Crippen LogP contribution in [0.4, 0.5) is 4.39 Å². The molecule has 23 heavy (non-hydrogen) atoms. The second-order valence-corrected chi connectivity index (χ2v) is 7.26. The van der Waals surface area contributed by atoms with Crippen molar-refractivity contribution >= 4 is 21.4 Å². The van der Waals surface area contributed by atoms with E-state index < -0.39 is 15.8 Å². The fourth-order valence-corrected chi connectivity index (χ4v) is 3.66. The maximum Gasteiger partial charge on any atom is 0.240 e. The number of halogens is 1. The van der Waals surface area contributed by atoms with Crippen molar-refractivity contribution in [1.82, 2.24) is 14.7 Å². The first kappa shape index (κ1) is 15.7. The summed E-state index contributed by atoms with van der Waals surface area (Å²) in [5.41, 5.74) is 1.34. The molecule has 8 heteroatoms. The van der Waals surface area contributed by atoms with Crippen LogP contribution in [0.1, 0.15) is 5.69 Å². The molecule has 0 radical (unpaired) electrons. The van der Waals surface area contributed by atoms with Gasteiger partial charge in [-0.3, -0.25) is 4.98 Å². The van der Waals surface area contributed by atoms with Crippen molar-refractivity contribution in [3.05, 3.63) is 65.6 Å². The Morgan fingerprint density at radius 2 is 1.91 bits per heavy atom. The van der Waals surface area contributed by atoms with E-state index in [4.69, 9.17) is 0 Å². The van der Waals surface area contributed by atoms with Gasteiger partial charge < -0.3 is 0 Å². The molecule has 0 aliphatic rings. The SMILES string of the molecule is O=S(=O)(NCc1csc(-c2ccccn2)n1)c1ccc(F)cc1. The number of hydrogen-bond donors (Lipinski definition) is 1. The van der Waals surface area contributed by atoms with Crippen molar-refractivity contribution in [1.29, 1.82) is 0 Å². The molecule has 3 rings (SSSR count). The number of thiazole rings is 1. The predicted molar refractivity (Wildman–Crippen MR) is 85.8 cm³/mol. The lowest BCUT2D eigenvalue weighted by molar-refractivity contribution is 0.579. The van der Waals surface area contributed by atoms with Crippen LogP contribution in [0.3, 0.4) is 0 Å². The van der Waals surface area contributed by atoms with E-state index in [1.165, 1.54) is 23.5 Å². The number of nitrogens with zero attached hydrogens (tertiary/aromatic N) is 2. The smallest absolute Gasteiger partial charge is 0.240 e. The Labute approximate surface area is 136 Å². The van der Waals surface area contributed by atoms with Crippen LogP contribution in [-0.2, 0) is 16.6 Å². The minimum Gasteiger partial charge on any atom is -0.254 e. The van der Waals surface area contributed by atoms with Gasteiger partial charge in [-0.15, -0.1) is 11.3 Å². The average molecular weight is 349 g/mol. The molecular weight excluding hydrogens is 337 g/mol. The second kappa shape index (κ2) is 6.53. The van der Waals surface area contributed by atoms with E-state index in [-0.39, 0.29) is 11.4 Å². The number of sulfonamides is 1. The van der Waals surface area contributed by atoms with Gasteiger partial charge in [-0.05, 0) is 36.4 Å². The van der Waals surface area contributed by atoms with Crippen LogP contribution < -0.4 is 4.72 Å². The lowest BCUT2D eigenvalue weighted by Gasteiger charge is -2.05. The van der Waals surface area contributed by atoms with Crippen molar-refractivity contribution < 1.29 is 12.8 Å². The van der Waals surface area contributed by atoms with Crippen LogP contribution in [0, 0.1) is 5.82 Å². The number of rotatable bonds is 5. The minimum absolute atomic E-state index is 0.0130. The van der Waals surface area contributed by atoms with Crippen LogP contribution in [0.15, 0.2) is 58.9 Å². The standard InChI is InChI=1S/C15H12FN3O2S2/c16-11-4-6-13(7-5-11)23(20,21)18-9-12-10-22-15(19-12)14-3-1-2-8-17-14/h1-8,10,18H,9H2. The highest BCUT2D eigenvalue weighted by atomic mass is 32.2. The van der Waals surface area contributed by atoms with E-state index >= 15 is 0 Å². The number of aromatic nitrogens is 2. The molecule has 118 valence electrons. The van der Waals surface area contributed by atoms with Gasteiger partial charge in [-0.2, -0.15) is 0 Å². The van der Waals surface area contributed by atoms with Crippen molar-refractivity contribution in [3.8, 4) is 10.7 Å². The van der Waals surface area contributed by atoms with Gasteiger partial charge in [-0.25, -0.2) is 22.5 Å². The van der Waals surface area contributed by atoms with Crippen molar-refractivity contribution in [2.24, 2.45) is 0 Å². The lowest BCUT2D eigenvalue weighted by atomic mass is 10.4. The summed E-state index contributed by atoms with van der Waals surface area (Å²) in [5, 5.41) is 2.50. The molecule has 2 aromatic heterocycles. The summed E-state index contributed by atoms with van der Waals surface area (Å²) in [6.07, 6.45) is 1.67. The normalized spacial score (nSPS) is 11.5. The largest absolute Gasteiger partial charge is 0.254 e. The Morgan fingerprint density at radius 1 is 1.13 bits per heavy atom. The zero-order valence-electron chi connectivity index (χ0n) is 11.8. The average Bonchev–Trinajstić information content (AvgIpc) is 3.03. The summed E-state index contributed by atoms with van der Waals surface area (Å²) in [4.78, 5) is 8.57. The number of nitrogens with one attached hydrogen (secondary N) is 1. The van der Waals surface area contributed by atoms with Crippen molar-refractivity contribution in [2.75, 3.05) is 0 Å². The predicted octanol–water partition coefficient (Wildman–Crippen LogP) is 2.82. The number of pyridine rings is 1. The molecule has 1 aromatic carbocycles. The zero-order chi connectivity index (χ0) is 16.3. The monoisotopic (exact) mass is 349 g/mol. The van der Waals surface area contributed by atoms with Gasteiger partial charge in [0.15, 0.2) is 0 Å². The molecule has 5 nitrogen and oxygen atoms in total. The van der Waals surface area contributed by atoms with Crippen LogP contribution in [0.2, 0.25) is 0 Å². The summed E-state index contributed by atoms with van der Waals surface area (Å²) in [6, 6.07) is 10.2. The van der Waals surface area contributed by atoms with Crippen LogP contribution in [-0.4, -0.2) is 18.4 Å². The van der Waals surface area contributed by atoms with E-state index in [1.54, 1.807) is 11.6 Å². The van der Waals surface area contributed by atoms with Crippen molar-refractivity contribution in [2.45, 2.75) is 11.4 Å². The van der Waals surface area contributed by atoms with E-state index in [0.717, 1.165) is 22.8 Å². The Balaban J connectivity index is 1.71. The summed E-state index contributed by atoms with van der Waals surface area (Å²) in [6.45, 7) is 0.0586. The molecule has 0 spiro atoms. The van der Waals surface area contributed by atoms with E-state index in [9.17, 15) is 12.8 Å². The van der Waals surface area contributed by atoms with Gasteiger partial charge in [0, 0.05) is 11.6 Å². The molecule has 0 saturated carbocycles. The van der Waals surface area contributed by atoms with E-state index in [0.29, 0.717) is 5.69 Å². The minimum atomic E-state index is -3.70. The highest BCUT2D eigenvalue weighted by Crippen LogP contribution is 2.21. The van der Waals surface area contributed by atoms with Gasteiger partial charge in [0.2, 0.25) is 10.0 Å². The lowest BCUT2D eigenvalue weighted by Crippen LogP contribution is -2.23. The fourth-order valence-electron chi connectivity index (χ4n) is 1.86. The Bertz CT molecular complexity index is 894. The summed E-state index contributed by atoms with van der Waals surface area (Å²) in [5.74, 6) is -0.483. The molecule has 0 bridgehead atoms. The Morgan fingerprint density at radius 3 is 2.61 bits per heavy atom. The first-order valence-electron chi connectivity index (χ1n) is 6.66. The number of benzene rings is 1. The molecule has 3 aromatic rings. The molecule has 0 fully saturated rings. The topological polar surface area (TPSA) is 72.0 Å². The van der Waals surface area contributed by atoms with Gasteiger partial charge >= 0.3 is 0 Å². The van der Waals surface area contributed by atoms with Gasteiger partial charge in [0.1, 0.15) is 10.8 Å². The molecule has 0 amide bonds. The summed E-state index contributed by atoms with van der Waals surface area (Å²) >= 11 is 1.39. The zero-order valence-corrected chi connectivity index (χ0v) is 13.4. The maximum atomic E-state index is 12.9. The van der Waals surface area contributed by atoms with Crippen LogP contribution in [0.25, 0.3) is 10.7 Å². The third kappa shape index (κ3) is 3.79. The third-order valence-corrected chi connectivity index (χ3v) is 5.33. The second-order valence-electron chi connectivity index (χ2n) is 4.64. The molecule has 0 unspecified atom stereocenters. The molecule has 2 heterocycles. The molecule has 0 atom stereocenters. The molecule has 0 aliphatic carbocycles. The maximum absolute atomic E-state index is 12.9. The highest BCUT2D eigenvalue weighted by molar-refractivity contribution is 7.89. The van der Waals surface area contributed by atoms with E-state index in [1.807, 2.05) is 18.2 Å². The number of hydrogen-bond acceptors (Lipinski definition) is 5. The van der Waals surface area contributed by atoms with Crippen LogP contribution >= 0.6 is 11.3 Å². The molecule has 0 saturated heterocycles. The van der Waals surface area contributed by atoms with Gasteiger partial charge in [-0.1, -0.05) is 6.07 Å². The Kier molecular flexibility index (Phi) is 4.46. The molecule has 0 aliphatic heterocycles. The van der Waals surface area contributed by atoms with Gasteiger partial charge in [0.25, 0.3) is 0 Å². The fraction of sp³-hybridized carbons (Fsp3) is 0.0667. The van der Waals surface area contributed by atoms with Gasteiger partial charge in [0.05, 0.1) is 22.8 Å². The first-order chi connectivity index (χ1) is 11.0. The third-order valence-electron chi connectivity index (χ3n) is 3.00. The quantitative estimate of drug-likeness (QED) is 0.769.